The van der Waals surface area contributed by atoms with Gasteiger partial charge in [-0.1, -0.05) is 56.9 Å². The molecule has 0 saturated heterocycles. The Morgan fingerprint density at radius 3 is 2.62 bits per heavy atom. The summed E-state index contributed by atoms with van der Waals surface area (Å²) in [6.45, 7) is 5.40. The molecule has 10 heteroatoms. The van der Waals surface area contributed by atoms with Crippen molar-refractivity contribution in [1.82, 2.24) is 21.3 Å². The molecule has 0 spiro atoms. The Kier molecular flexibility index (Phi) is 15.8. The van der Waals surface area contributed by atoms with Crippen LogP contribution in [0.3, 0.4) is 0 Å². The SMILES string of the molecule is CCCCCCC/C=C/C=C/C(=O)NC(C(=O)NC1CC(O)CCNC(=O)/C=C\C(C)NC1=O)C(C)O. The lowest BCUT2D eigenvalue weighted by atomic mass is 10.0. The Hall–Kier alpha value is -2.98. The minimum Gasteiger partial charge on any atom is -0.393 e. The number of amides is 4. The molecule has 10 nitrogen and oxygen atoms in total. The molecule has 0 fully saturated rings. The van der Waals surface area contributed by atoms with E-state index in [0.717, 1.165) is 12.8 Å². The predicted molar refractivity (Wildman–Crippen MR) is 142 cm³/mol. The van der Waals surface area contributed by atoms with Crippen molar-refractivity contribution in [3.8, 4) is 0 Å². The number of unbranched alkanes of at least 4 members (excludes halogenated alkanes) is 5. The van der Waals surface area contributed by atoms with Gasteiger partial charge in [-0.3, -0.25) is 19.2 Å². The molecule has 1 rings (SSSR count). The van der Waals surface area contributed by atoms with Crippen molar-refractivity contribution < 1.29 is 29.4 Å². The number of allylic oxidation sites excluding steroid dienone is 3. The molecular formula is C27H44N4O6. The maximum atomic E-state index is 12.9. The fourth-order valence-corrected chi connectivity index (χ4v) is 3.70. The van der Waals surface area contributed by atoms with Gasteiger partial charge in [0.1, 0.15) is 12.1 Å². The van der Waals surface area contributed by atoms with Crippen LogP contribution < -0.4 is 21.3 Å². The maximum Gasteiger partial charge on any atom is 0.245 e. The topological polar surface area (TPSA) is 157 Å². The maximum absolute atomic E-state index is 12.9. The van der Waals surface area contributed by atoms with E-state index in [1.54, 1.807) is 19.1 Å². The molecule has 208 valence electrons. The molecular weight excluding hydrogens is 476 g/mol. The van der Waals surface area contributed by atoms with E-state index in [0.29, 0.717) is 0 Å². The second kappa shape index (κ2) is 18.3. The smallest absolute Gasteiger partial charge is 0.245 e. The number of rotatable bonds is 12. The van der Waals surface area contributed by atoms with E-state index in [1.807, 2.05) is 6.08 Å². The van der Waals surface area contributed by atoms with Gasteiger partial charge in [0.25, 0.3) is 0 Å². The zero-order valence-electron chi connectivity index (χ0n) is 22.2. The highest BCUT2D eigenvalue weighted by atomic mass is 16.3. The van der Waals surface area contributed by atoms with Crippen molar-refractivity contribution >= 4 is 23.6 Å². The summed E-state index contributed by atoms with van der Waals surface area (Å²) in [5, 5.41) is 30.7. The first kappa shape index (κ1) is 32.0. The van der Waals surface area contributed by atoms with Crippen LogP contribution in [0.15, 0.2) is 36.5 Å². The van der Waals surface area contributed by atoms with Crippen LogP contribution in [0.2, 0.25) is 0 Å². The third-order valence-corrected chi connectivity index (χ3v) is 5.86. The van der Waals surface area contributed by atoms with Crippen molar-refractivity contribution in [2.24, 2.45) is 0 Å². The molecule has 0 saturated carbocycles. The molecule has 0 aliphatic carbocycles. The second-order valence-electron chi connectivity index (χ2n) is 9.40. The van der Waals surface area contributed by atoms with E-state index in [4.69, 9.17) is 0 Å². The monoisotopic (exact) mass is 520 g/mol. The van der Waals surface area contributed by atoms with Gasteiger partial charge in [0.05, 0.1) is 12.2 Å². The van der Waals surface area contributed by atoms with Crippen LogP contribution in [0.1, 0.15) is 72.1 Å². The van der Waals surface area contributed by atoms with Gasteiger partial charge in [0.2, 0.25) is 23.6 Å². The van der Waals surface area contributed by atoms with E-state index >= 15 is 0 Å². The fourth-order valence-electron chi connectivity index (χ4n) is 3.70. The van der Waals surface area contributed by atoms with E-state index in [1.165, 1.54) is 50.8 Å². The third kappa shape index (κ3) is 14.4. The Morgan fingerprint density at radius 1 is 1.19 bits per heavy atom. The number of aliphatic hydroxyl groups is 2. The van der Waals surface area contributed by atoms with Gasteiger partial charge in [-0.2, -0.15) is 0 Å². The quantitative estimate of drug-likeness (QED) is 0.129. The standard InChI is InChI=1S/C27H44N4O6/c1-4-5-6-7-8-9-10-11-12-13-24(35)31-25(20(3)32)27(37)30-22-18-21(33)16-17-28-23(34)15-14-19(2)29-26(22)36/h10-15,19-22,25,32-33H,4-9,16-18H2,1-3H3,(H,28,34)(H,29,36)(H,30,37)(H,31,35)/b11-10+,13-12+,15-14-. The zero-order chi connectivity index (χ0) is 27.6. The molecule has 1 aliphatic heterocycles. The number of carbonyl (C=O) groups is 4. The van der Waals surface area contributed by atoms with Gasteiger partial charge in [0, 0.05) is 31.2 Å². The molecule has 0 aromatic rings. The van der Waals surface area contributed by atoms with Gasteiger partial charge in [0.15, 0.2) is 0 Å². The van der Waals surface area contributed by atoms with Gasteiger partial charge in [-0.25, -0.2) is 0 Å². The van der Waals surface area contributed by atoms with Crippen LogP contribution >= 0.6 is 0 Å². The van der Waals surface area contributed by atoms with Crippen LogP contribution in [0.4, 0.5) is 0 Å². The molecule has 5 unspecified atom stereocenters. The van der Waals surface area contributed by atoms with Crippen molar-refractivity contribution in [3.05, 3.63) is 36.5 Å². The summed E-state index contributed by atoms with van der Waals surface area (Å²) in [6, 6.07) is -2.92. The summed E-state index contributed by atoms with van der Waals surface area (Å²) in [6.07, 6.45) is 14.1. The minimum absolute atomic E-state index is 0.104. The first-order valence-electron chi connectivity index (χ1n) is 13.2. The molecule has 4 amide bonds. The Morgan fingerprint density at radius 2 is 1.92 bits per heavy atom. The van der Waals surface area contributed by atoms with Crippen LogP contribution in [0, 0.1) is 0 Å². The highest BCUT2D eigenvalue weighted by Crippen LogP contribution is 2.07. The van der Waals surface area contributed by atoms with Crippen molar-refractivity contribution in [1.29, 1.82) is 0 Å². The molecule has 0 radical (unpaired) electrons. The highest BCUT2D eigenvalue weighted by molar-refractivity contribution is 5.95. The Balaban J connectivity index is 2.73. The average Bonchev–Trinajstić information content (AvgIpc) is 2.83. The fraction of sp³-hybridized carbons (Fsp3) is 0.630. The number of hydrogen-bond donors (Lipinski definition) is 6. The predicted octanol–water partition coefficient (Wildman–Crippen LogP) is 1.14. The van der Waals surface area contributed by atoms with Gasteiger partial charge < -0.3 is 31.5 Å². The molecule has 0 aromatic carbocycles. The van der Waals surface area contributed by atoms with Crippen molar-refractivity contribution in [3.63, 3.8) is 0 Å². The number of carbonyl (C=O) groups excluding carboxylic acids is 4. The molecule has 1 aliphatic rings. The third-order valence-electron chi connectivity index (χ3n) is 5.86. The molecule has 6 N–H and O–H groups in total. The van der Waals surface area contributed by atoms with Crippen LogP contribution in [-0.4, -0.2) is 70.7 Å². The first-order valence-corrected chi connectivity index (χ1v) is 13.2. The second-order valence-corrected chi connectivity index (χ2v) is 9.40. The molecule has 5 atom stereocenters. The minimum atomic E-state index is -1.30. The molecule has 1 heterocycles. The summed E-state index contributed by atoms with van der Waals surface area (Å²) >= 11 is 0. The summed E-state index contributed by atoms with van der Waals surface area (Å²) < 4.78 is 0. The van der Waals surface area contributed by atoms with Crippen LogP contribution in [0.5, 0.6) is 0 Å². The lowest BCUT2D eigenvalue weighted by molar-refractivity contribution is -0.134. The van der Waals surface area contributed by atoms with E-state index in [2.05, 4.69) is 28.2 Å². The van der Waals surface area contributed by atoms with Crippen LogP contribution in [-0.2, 0) is 19.2 Å². The Labute approximate surface area is 220 Å². The lowest BCUT2D eigenvalue weighted by Gasteiger charge is -2.26. The first-order chi connectivity index (χ1) is 17.6. The summed E-state index contributed by atoms with van der Waals surface area (Å²) in [7, 11) is 0. The average molecular weight is 521 g/mol. The van der Waals surface area contributed by atoms with Crippen LogP contribution in [0.25, 0.3) is 0 Å². The Bertz CT molecular complexity index is 824. The van der Waals surface area contributed by atoms with Crippen molar-refractivity contribution in [2.45, 2.75) is 102 Å². The molecule has 37 heavy (non-hydrogen) atoms. The number of aliphatic hydroxyl groups excluding tert-OH is 2. The van der Waals surface area contributed by atoms with E-state index in [9.17, 15) is 29.4 Å². The summed E-state index contributed by atoms with van der Waals surface area (Å²) in [5.74, 6) is -2.20. The molecule has 0 aromatic heterocycles. The zero-order valence-corrected chi connectivity index (χ0v) is 22.2. The normalized spacial score (nSPS) is 23.9. The number of nitrogens with one attached hydrogen (secondary N) is 4. The molecule has 0 bridgehead atoms. The number of hydrogen-bond acceptors (Lipinski definition) is 6. The van der Waals surface area contributed by atoms with Crippen molar-refractivity contribution in [2.75, 3.05) is 6.54 Å². The largest absolute Gasteiger partial charge is 0.393 e. The van der Waals surface area contributed by atoms with Gasteiger partial charge in [-0.05, 0) is 33.1 Å². The van der Waals surface area contributed by atoms with Gasteiger partial charge in [-0.15, -0.1) is 0 Å². The lowest BCUT2D eigenvalue weighted by Crippen LogP contribution is -2.58. The van der Waals surface area contributed by atoms with Gasteiger partial charge >= 0.3 is 0 Å². The highest BCUT2D eigenvalue weighted by Gasteiger charge is 2.31. The summed E-state index contributed by atoms with van der Waals surface area (Å²) in [4.78, 5) is 49.7. The van der Waals surface area contributed by atoms with E-state index < -0.39 is 48.1 Å². The summed E-state index contributed by atoms with van der Waals surface area (Å²) in [5.41, 5.74) is 0. The van der Waals surface area contributed by atoms with E-state index in [-0.39, 0.29) is 25.3 Å².